The van der Waals surface area contributed by atoms with Gasteiger partial charge in [0.15, 0.2) is 0 Å². The molecule has 13 heavy (non-hydrogen) atoms. The normalized spacial score (nSPS) is 39.6. The Labute approximate surface area is 90.8 Å². The Bertz CT molecular complexity index is 254. The summed E-state index contributed by atoms with van der Waals surface area (Å²) in [5, 5.41) is 2.38. The minimum Gasteiger partial charge on any atom is -0.296 e. The summed E-state index contributed by atoms with van der Waals surface area (Å²) >= 11 is 2.43. The number of rotatable bonds is 1. The Morgan fingerprint density at radius 2 is 2.08 bits per heavy atom. The molecule has 2 amide bonds. The molecular formula is C9H12INO2. The van der Waals surface area contributed by atoms with Gasteiger partial charge < -0.3 is 0 Å². The second-order valence-electron chi connectivity index (χ2n) is 3.89. The van der Waals surface area contributed by atoms with Crippen LogP contribution in [0.5, 0.6) is 0 Å². The number of halogens is 1. The molecular weight excluding hydrogens is 281 g/mol. The molecule has 2 fully saturated rings. The largest absolute Gasteiger partial charge is 0.296 e. The molecule has 0 spiro atoms. The minimum atomic E-state index is -0.0908. The Balaban J connectivity index is 2.01. The van der Waals surface area contributed by atoms with E-state index in [4.69, 9.17) is 0 Å². The van der Waals surface area contributed by atoms with Gasteiger partial charge in [-0.15, -0.1) is 0 Å². The summed E-state index contributed by atoms with van der Waals surface area (Å²) < 4.78 is 0.700. The van der Waals surface area contributed by atoms with Crippen molar-refractivity contribution >= 4 is 34.4 Å². The lowest BCUT2D eigenvalue weighted by atomic mass is 9.90. The Morgan fingerprint density at radius 3 is 2.54 bits per heavy atom. The van der Waals surface area contributed by atoms with E-state index in [0.29, 0.717) is 16.3 Å². The first-order valence-electron chi connectivity index (χ1n) is 4.64. The van der Waals surface area contributed by atoms with Crippen LogP contribution in [0.1, 0.15) is 25.7 Å². The molecule has 2 rings (SSSR count). The van der Waals surface area contributed by atoms with Crippen molar-refractivity contribution < 1.29 is 9.59 Å². The highest BCUT2D eigenvalue weighted by molar-refractivity contribution is 14.1. The van der Waals surface area contributed by atoms with E-state index in [1.54, 1.807) is 0 Å². The highest BCUT2D eigenvalue weighted by Crippen LogP contribution is 2.38. The van der Waals surface area contributed by atoms with Crippen LogP contribution in [-0.4, -0.2) is 15.7 Å². The third kappa shape index (κ3) is 1.87. The zero-order valence-corrected chi connectivity index (χ0v) is 9.41. The fourth-order valence-electron chi connectivity index (χ4n) is 2.28. The van der Waals surface area contributed by atoms with Crippen LogP contribution < -0.4 is 5.32 Å². The lowest BCUT2D eigenvalue weighted by Gasteiger charge is -2.13. The van der Waals surface area contributed by atoms with Crippen LogP contribution >= 0.6 is 22.6 Å². The van der Waals surface area contributed by atoms with Gasteiger partial charge >= 0.3 is 0 Å². The Morgan fingerprint density at radius 1 is 1.31 bits per heavy atom. The summed E-state index contributed by atoms with van der Waals surface area (Å²) in [7, 11) is 0. The molecule has 2 unspecified atom stereocenters. The van der Waals surface area contributed by atoms with E-state index in [1.807, 2.05) is 0 Å². The summed E-state index contributed by atoms with van der Waals surface area (Å²) in [6, 6.07) is 0. The number of imide groups is 1. The number of hydrogen-bond donors (Lipinski definition) is 1. The molecule has 1 aliphatic heterocycles. The molecule has 3 atom stereocenters. The third-order valence-corrected chi connectivity index (χ3v) is 4.11. The highest BCUT2D eigenvalue weighted by atomic mass is 127. The standard InChI is InChI=1S/C9H12INO2/c10-6-2-1-5(3-6)7-4-8(12)11-9(7)13/h5-7H,1-4H2,(H,11,12,13)/t5-,6?,7?/m0/s1. The molecule has 72 valence electrons. The van der Waals surface area contributed by atoms with Gasteiger partial charge in [-0.2, -0.15) is 0 Å². The first-order chi connectivity index (χ1) is 6.16. The molecule has 1 saturated carbocycles. The molecule has 0 bridgehead atoms. The molecule has 0 radical (unpaired) electrons. The number of carbonyl (C=O) groups is 2. The molecule has 0 aromatic rings. The lowest BCUT2D eigenvalue weighted by molar-refractivity contribution is -0.126. The molecule has 0 aromatic carbocycles. The monoisotopic (exact) mass is 293 g/mol. The fraction of sp³-hybridized carbons (Fsp3) is 0.778. The second kappa shape index (κ2) is 3.55. The average molecular weight is 293 g/mol. The Kier molecular flexibility index (Phi) is 2.58. The summed E-state index contributed by atoms with van der Waals surface area (Å²) in [5.41, 5.74) is 0. The quantitative estimate of drug-likeness (QED) is 0.449. The number of alkyl halides is 1. The molecule has 1 heterocycles. The van der Waals surface area contributed by atoms with Gasteiger partial charge in [0.1, 0.15) is 0 Å². The zero-order valence-electron chi connectivity index (χ0n) is 7.25. The van der Waals surface area contributed by atoms with Gasteiger partial charge in [-0.3, -0.25) is 14.9 Å². The first-order valence-corrected chi connectivity index (χ1v) is 5.89. The van der Waals surface area contributed by atoms with E-state index in [-0.39, 0.29) is 17.7 Å². The third-order valence-electron chi connectivity index (χ3n) is 2.98. The van der Waals surface area contributed by atoms with Crippen molar-refractivity contribution in [1.82, 2.24) is 5.32 Å². The van der Waals surface area contributed by atoms with Crippen molar-refractivity contribution in [3.8, 4) is 0 Å². The van der Waals surface area contributed by atoms with Crippen LogP contribution in [-0.2, 0) is 9.59 Å². The van der Waals surface area contributed by atoms with Crippen molar-refractivity contribution in [1.29, 1.82) is 0 Å². The van der Waals surface area contributed by atoms with Crippen LogP contribution in [0.25, 0.3) is 0 Å². The van der Waals surface area contributed by atoms with E-state index in [2.05, 4.69) is 27.9 Å². The minimum absolute atomic E-state index is 0.0211. The number of hydrogen-bond acceptors (Lipinski definition) is 2. The van der Waals surface area contributed by atoms with Gasteiger partial charge in [0.25, 0.3) is 0 Å². The Hall–Kier alpha value is -0.130. The number of amides is 2. The van der Waals surface area contributed by atoms with Gasteiger partial charge in [-0.25, -0.2) is 0 Å². The zero-order chi connectivity index (χ0) is 9.42. The first kappa shape index (κ1) is 9.43. The second-order valence-corrected chi connectivity index (χ2v) is 5.66. The van der Waals surface area contributed by atoms with Gasteiger partial charge in [0.2, 0.25) is 11.8 Å². The summed E-state index contributed by atoms with van der Waals surface area (Å²) in [4.78, 5) is 22.3. The van der Waals surface area contributed by atoms with Crippen LogP contribution in [0.15, 0.2) is 0 Å². The fourth-order valence-corrected chi connectivity index (χ4v) is 3.29. The van der Waals surface area contributed by atoms with Crippen molar-refractivity contribution in [2.45, 2.75) is 29.6 Å². The van der Waals surface area contributed by atoms with Crippen molar-refractivity contribution in [2.24, 2.45) is 11.8 Å². The van der Waals surface area contributed by atoms with Crippen LogP contribution in [0, 0.1) is 11.8 Å². The van der Waals surface area contributed by atoms with E-state index in [0.717, 1.165) is 12.8 Å². The maximum Gasteiger partial charge on any atom is 0.230 e. The molecule has 2 aliphatic rings. The SMILES string of the molecule is O=C1CC([C@H]2CCC(I)C2)C(=O)N1. The van der Waals surface area contributed by atoms with Gasteiger partial charge in [-0.1, -0.05) is 22.6 Å². The molecule has 1 saturated heterocycles. The van der Waals surface area contributed by atoms with Crippen molar-refractivity contribution in [3.05, 3.63) is 0 Å². The van der Waals surface area contributed by atoms with Crippen molar-refractivity contribution in [2.75, 3.05) is 0 Å². The lowest BCUT2D eigenvalue weighted by Crippen LogP contribution is -2.25. The van der Waals surface area contributed by atoms with E-state index < -0.39 is 0 Å². The smallest absolute Gasteiger partial charge is 0.230 e. The maximum absolute atomic E-state index is 11.3. The average Bonchev–Trinajstić information content (AvgIpc) is 2.58. The van der Waals surface area contributed by atoms with Gasteiger partial charge in [0.05, 0.1) is 0 Å². The van der Waals surface area contributed by atoms with Crippen LogP contribution in [0.2, 0.25) is 0 Å². The van der Waals surface area contributed by atoms with Crippen LogP contribution in [0.4, 0.5) is 0 Å². The predicted molar refractivity (Wildman–Crippen MR) is 56.4 cm³/mol. The van der Waals surface area contributed by atoms with Gasteiger partial charge in [-0.05, 0) is 25.2 Å². The predicted octanol–water partition coefficient (Wildman–Crippen LogP) is 1.25. The highest BCUT2D eigenvalue weighted by Gasteiger charge is 2.39. The number of carbonyl (C=O) groups excluding carboxylic acids is 2. The van der Waals surface area contributed by atoms with Crippen molar-refractivity contribution in [3.63, 3.8) is 0 Å². The topological polar surface area (TPSA) is 46.2 Å². The molecule has 1 N–H and O–H groups in total. The van der Waals surface area contributed by atoms with Crippen LogP contribution in [0.3, 0.4) is 0 Å². The molecule has 3 nitrogen and oxygen atoms in total. The summed E-state index contributed by atoms with van der Waals surface area (Å²) in [5.74, 6) is 0.299. The maximum atomic E-state index is 11.3. The van der Waals surface area contributed by atoms with E-state index >= 15 is 0 Å². The van der Waals surface area contributed by atoms with E-state index in [1.165, 1.54) is 6.42 Å². The molecule has 4 heteroatoms. The summed E-state index contributed by atoms with van der Waals surface area (Å²) in [6.45, 7) is 0. The number of nitrogens with one attached hydrogen (secondary N) is 1. The van der Waals surface area contributed by atoms with Gasteiger partial charge in [0, 0.05) is 16.3 Å². The summed E-state index contributed by atoms with van der Waals surface area (Å²) in [6.07, 6.45) is 3.83. The van der Waals surface area contributed by atoms with E-state index in [9.17, 15) is 9.59 Å². The molecule has 0 aromatic heterocycles. The molecule has 1 aliphatic carbocycles.